The minimum atomic E-state index is -0.549. The van der Waals surface area contributed by atoms with Crippen molar-refractivity contribution in [3.8, 4) is 0 Å². The van der Waals surface area contributed by atoms with Crippen molar-refractivity contribution in [3.05, 3.63) is 65.5 Å². The quantitative estimate of drug-likeness (QED) is 0.877. The highest BCUT2D eigenvalue weighted by Crippen LogP contribution is 2.59. The second-order valence-corrected chi connectivity index (χ2v) is 7.71. The van der Waals surface area contributed by atoms with Gasteiger partial charge in [0.05, 0.1) is 0 Å². The topological polar surface area (TPSA) is 45.2 Å². The molecule has 1 saturated carbocycles. The largest absolute Gasteiger partial charge is 0.352 e. The molecule has 4 nitrogen and oxygen atoms in total. The lowest BCUT2D eigenvalue weighted by molar-refractivity contribution is -0.123. The average Bonchev–Trinajstić information content (AvgIpc) is 3.38. The predicted molar refractivity (Wildman–Crippen MR) is 97.5 cm³/mol. The highest BCUT2D eigenvalue weighted by molar-refractivity contribution is 5.82. The van der Waals surface area contributed by atoms with Crippen molar-refractivity contribution >= 4 is 5.91 Å². The van der Waals surface area contributed by atoms with E-state index in [-0.39, 0.29) is 17.2 Å². The molecule has 2 aromatic rings. The summed E-state index contributed by atoms with van der Waals surface area (Å²) in [7, 11) is 0. The number of rotatable bonds is 5. The second kappa shape index (κ2) is 7.35. The highest BCUT2D eigenvalue weighted by atomic mass is 19.1. The summed E-state index contributed by atoms with van der Waals surface area (Å²) in [4.78, 5) is 18.7. The van der Waals surface area contributed by atoms with Crippen molar-refractivity contribution in [2.45, 2.75) is 32.4 Å². The molecule has 1 aromatic carbocycles. The van der Waals surface area contributed by atoms with Crippen LogP contribution in [-0.4, -0.2) is 28.9 Å². The molecule has 1 unspecified atom stereocenters. The SMILES string of the molecule is O=C(NCc1cccnc1)C1CC12CCN(Cc1ccc(F)cc1F)CC2. The van der Waals surface area contributed by atoms with Gasteiger partial charge in [0, 0.05) is 43.0 Å². The van der Waals surface area contributed by atoms with Crippen LogP contribution in [0.25, 0.3) is 0 Å². The number of carbonyl (C=O) groups excluding carboxylic acids is 1. The van der Waals surface area contributed by atoms with Gasteiger partial charge in [-0.25, -0.2) is 8.78 Å². The Labute approximate surface area is 157 Å². The van der Waals surface area contributed by atoms with Crippen molar-refractivity contribution in [1.82, 2.24) is 15.2 Å². The molecule has 1 saturated heterocycles. The summed E-state index contributed by atoms with van der Waals surface area (Å²) in [5.74, 6) is -0.836. The van der Waals surface area contributed by atoms with Crippen molar-refractivity contribution < 1.29 is 13.6 Å². The van der Waals surface area contributed by atoms with Gasteiger partial charge >= 0.3 is 0 Å². The van der Waals surface area contributed by atoms with Crippen LogP contribution in [0.2, 0.25) is 0 Å². The monoisotopic (exact) mass is 371 g/mol. The van der Waals surface area contributed by atoms with Gasteiger partial charge in [-0.2, -0.15) is 0 Å². The number of hydrogen-bond acceptors (Lipinski definition) is 3. The Bertz CT molecular complexity index is 819. The third-order valence-corrected chi connectivity index (χ3v) is 5.96. The van der Waals surface area contributed by atoms with Gasteiger partial charge in [-0.05, 0) is 55.5 Å². The number of nitrogens with one attached hydrogen (secondary N) is 1. The number of carbonyl (C=O) groups is 1. The molecule has 0 bridgehead atoms. The first-order valence-corrected chi connectivity index (χ1v) is 9.39. The van der Waals surface area contributed by atoms with E-state index in [1.807, 2.05) is 12.1 Å². The maximum Gasteiger partial charge on any atom is 0.223 e. The molecule has 6 heteroatoms. The maximum absolute atomic E-state index is 13.8. The van der Waals surface area contributed by atoms with Gasteiger partial charge in [-0.3, -0.25) is 14.7 Å². The van der Waals surface area contributed by atoms with Gasteiger partial charge in [0.1, 0.15) is 11.6 Å². The summed E-state index contributed by atoms with van der Waals surface area (Å²) in [6.07, 6.45) is 6.30. The first-order chi connectivity index (χ1) is 13.1. The molecule has 27 heavy (non-hydrogen) atoms. The minimum absolute atomic E-state index is 0.0823. The molecule has 1 aliphatic heterocycles. The number of nitrogens with zero attached hydrogens (tertiary/aromatic N) is 2. The Morgan fingerprint density at radius 1 is 1.26 bits per heavy atom. The van der Waals surface area contributed by atoms with E-state index in [4.69, 9.17) is 0 Å². The fourth-order valence-electron chi connectivity index (χ4n) is 4.13. The molecular weight excluding hydrogens is 348 g/mol. The third kappa shape index (κ3) is 4.00. The molecule has 1 atom stereocenters. The van der Waals surface area contributed by atoms with Crippen LogP contribution in [0.4, 0.5) is 8.78 Å². The first kappa shape index (κ1) is 18.0. The van der Waals surface area contributed by atoms with Crippen LogP contribution in [0.1, 0.15) is 30.4 Å². The number of benzene rings is 1. The fraction of sp³-hybridized carbons (Fsp3) is 0.429. The average molecular weight is 371 g/mol. The molecule has 1 amide bonds. The molecule has 1 N–H and O–H groups in total. The van der Waals surface area contributed by atoms with Crippen LogP contribution in [0.15, 0.2) is 42.7 Å². The standard InChI is InChI=1S/C21H23F2N3O/c22-17-4-3-16(19(23)10-17)14-26-8-5-21(6-9-26)11-18(21)20(27)25-13-15-2-1-7-24-12-15/h1-4,7,10,12,18H,5-6,8-9,11,13-14H2,(H,25,27). The zero-order chi connectivity index (χ0) is 18.9. The number of likely N-dealkylation sites (tertiary alicyclic amines) is 1. The summed E-state index contributed by atoms with van der Waals surface area (Å²) >= 11 is 0. The van der Waals surface area contributed by atoms with Crippen LogP contribution >= 0.6 is 0 Å². The van der Waals surface area contributed by atoms with E-state index in [0.717, 1.165) is 44.0 Å². The van der Waals surface area contributed by atoms with Crippen LogP contribution in [-0.2, 0) is 17.9 Å². The molecule has 142 valence electrons. The summed E-state index contributed by atoms with van der Waals surface area (Å²) in [5.41, 5.74) is 1.63. The Morgan fingerprint density at radius 3 is 2.78 bits per heavy atom. The second-order valence-electron chi connectivity index (χ2n) is 7.71. The fourth-order valence-corrected chi connectivity index (χ4v) is 4.13. The minimum Gasteiger partial charge on any atom is -0.352 e. The van der Waals surface area contributed by atoms with Gasteiger partial charge in [0.15, 0.2) is 0 Å². The van der Waals surface area contributed by atoms with Crippen molar-refractivity contribution in [3.63, 3.8) is 0 Å². The number of piperidine rings is 1. The lowest BCUT2D eigenvalue weighted by Crippen LogP contribution is -2.36. The first-order valence-electron chi connectivity index (χ1n) is 9.39. The molecule has 2 heterocycles. The van der Waals surface area contributed by atoms with Crippen LogP contribution in [0.5, 0.6) is 0 Å². The van der Waals surface area contributed by atoms with Gasteiger partial charge in [0.2, 0.25) is 5.91 Å². The van der Waals surface area contributed by atoms with E-state index < -0.39 is 11.6 Å². The smallest absolute Gasteiger partial charge is 0.223 e. The van der Waals surface area contributed by atoms with E-state index in [1.54, 1.807) is 12.4 Å². The molecule has 1 aliphatic carbocycles. The summed E-state index contributed by atoms with van der Waals surface area (Å²) in [6, 6.07) is 7.56. The van der Waals surface area contributed by atoms with Gasteiger partial charge in [-0.15, -0.1) is 0 Å². The van der Waals surface area contributed by atoms with Crippen LogP contribution < -0.4 is 5.32 Å². The molecule has 1 aromatic heterocycles. The van der Waals surface area contributed by atoms with E-state index >= 15 is 0 Å². The van der Waals surface area contributed by atoms with E-state index in [2.05, 4.69) is 15.2 Å². The Hall–Kier alpha value is -2.34. The number of pyridine rings is 1. The van der Waals surface area contributed by atoms with Crippen molar-refractivity contribution in [2.24, 2.45) is 11.3 Å². The summed E-state index contributed by atoms with van der Waals surface area (Å²) in [5, 5.41) is 3.02. The number of halogens is 2. The Balaban J connectivity index is 1.26. The van der Waals surface area contributed by atoms with Gasteiger partial charge in [-0.1, -0.05) is 12.1 Å². The third-order valence-electron chi connectivity index (χ3n) is 5.96. The number of aromatic nitrogens is 1. The highest BCUT2D eigenvalue weighted by Gasteiger charge is 2.58. The molecule has 0 radical (unpaired) electrons. The molecule has 4 rings (SSSR count). The van der Waals surface area contributed by atoms with Crippen LogP contribution in [0, 0.1) is 23.0 Å². The van der Waals surface area contributed by atoms with Crippen LogP contribution in [0.3, 0.4) is 0 Å². The maximum atomic E-state index is 13.8. The van der Waals surface area contributed by atoms with Crippen molar-refractivity contribution in [2.75, 3.05) is 13.1 Å². The number of amides is 1. The molecule has 1 spiro atoms. The van der Waals surface area contributed by atoms with E-state index in [9.17, 15) is 13.6 Å². The Kier molecular flexibility index (Phi) is 4.91. The lowest BCUT2D eigenvalue weighted by Gasteiger charge is -2.32. The van der Waals surface area contributed by atoms with Gasteiger partial charge < -0.3 is 5.32 Å². The zero-order valence-electron chi connectivity index (χ0n) is 15.1. The van der Waals surface area contributed by atoms with E-state index in [0.29, 0.717) is 18.7 Å². The predicted octanol–water partition coefficient (Wildman–Crippen LogP) is 3.28. The molecule has 2 aliphatic rings. The molecule has 2 fully saturated rings. The Morgan fingerprint density at radius 2 is 2.07 bits per heavy atom. The normalized spacial score (nSPS) is 21.2. The van der Waals surface area contributed by atoms with Crippen molar-refractivity contribution in [1.29, 1.82) is 0 Å². The zero-order valence-corrected chi connectivity index (χ0v) is 15.1. The molecular formula is C21H23F2N3O. The lowest BCUT2D eigenvalue weighted by atomic mass is 9.90. The number of hydrogen-bond donors (Lipinski definition) is 1. The summed E-state index contributed by atoms with van der Waals surface area (Å²) < 4.78 is 26.9. The summed E-state index contributed by atoms with van der Waals surface area (Å²) in [6.45, 7) is 2.67. The van der Waals surface area contributed by atoms with E-state index in [1.165, 1.54) is 12.1 Å². The van der Waals surface area contributed by atoms with Gasteiger partial charge in [0.25, 0.3) is 0 Å².